The van der Waals surface area contributed by atoms with Crippen molar-refractivity contribution in [1.29, 1.82) is 0 Å². The first kappa shape index (κ1) is 22.9. The van der Waals surface area contributed by atoms with E-state index in [9.17, 15) is 4.79 Å². The summed E-state index contributed by atoms with van der Waals surface area (Å²) in [7, 11) is 1.55. The Balaban J connectivity index is 1.33. The molecule has 1 N–H and O–H groups in total. The Morgan fingerprint density at radius 3 is 2.52 bits per heavy atom. The van der Waals surface area contributed by atoms with E-state index in [0.717, 1.165) is 30.0 Å². The highest BCUT2D eigenvalue weighted by Crippen LogP contribution is 2.29. The minimum atomic E-state index is -0.199. The van der Waals surface area contributed by atoms with Gasteiger partial charge in [0.15, 0.2) is 11.5 Å². The van der Waals surface area contributed by atoms with Crippen LogP contribution in [0.3, 0.4) is 0 Å². The van der Waals surface area contributed by atoms with E-state index in [1.165, 1.54) is 0 Å². The summed E-state index contributed by atoms with van der Waals surface area (Å²) < 4.78 is 16.7. The maximum atomic E-state index is 12.7. The van der Waals surface area contributed by atoms with Crippen LogP contribution in [-0.4, -0.2) is 44.3 Å². The van der Waals surface area contributed by atoms with Crippen molar-refractivity contribution in [3.05, 3.63) is 82.5 Å². The van der Waals surface area contributed by atoms with Crippen LogP contribution in [0.25, 0.3) is 0 Å². The average Bonchev–Trinajstić information content (AvgIpc) is 2.87. The molecule has 4 rings (SSSR count). The van der Waals surface area contributed by atoms with Gasteiger partial charge in [-0.15, -0.1) is 0 Å². The summed E-state index contributed by atoms with van der Waals surface area (Å²) in [5.74, 6) is 1.78. The topological polar surface area (TPSA) is 72.9 Å². The van der Waals surface area contributed by atoms with E-state index in [1.54, 1.807) is 31.5 Å². The van der Waals surface area contributed by atoms with Crippen molar-refractivity contribution in [2.75, 3.05) is 38.3 Å². The van der Waals surface area contributed by atoms with Gasteiger partial charge in [-0.2, -0.15) is 0 Å². The van der Waals surface area contributed by atoms with Crippen LogP contribution >= 0.6 is 11.6 Å². The third-order valence-electron chi connectivity index (χ3n) is 5.33. The zero-order valence-electron chi connectivity index (χ0n) is 18.4. The first-order valence-corrected chi connectivity index (χ1v) is 11.1. The molecule has 0 saturated carbocycles. The summed E-state index contributed by atoms with van der Waals surface area (Å²) in [6.45, 7) is 3.86. The molecule has 2 heterocycles. The van der Waals surface area contributed by atoms with Gasteiger partial charge in [-0.3, -0.25) is 4.79 Å². The second kappa shape index (κ2) is 11.0. The number of amides is 1. The number of aromatic nitrogens is 1. The van der Waals surface area contributed by atoms with E-state index in [-0.39, 0.29) is 5.91 Å². The van der Waals surface area contributed by atoms with Gasteiger partial charge in [0.1, 0.15) is 12.4 Å². The predicted octanol–water partition coefficient (Wildman–Crippen LogP) is 4.09. The van der Waals surface area contributed by atoms with Crippen LogP contribution in [0.2, 0.25) is 5.02 Å². The normalized spacial score (nSPS) is 13.5. The Morgan fingerprint density at radius 1 is 1.06 bits per heavy atom. The Hall–Kier alpha value is -3.29. The summed E-state index contributed by atoms with van der Waals surface area (Å²) in [6.07, 6.45) is 1.79. The number of nitrogens with zero attached hydrogens (tertiary/aromatic N) is 2. The van der Waals surface area contributed by atoms with Crippen LogP contribution in [0.4, 0.5) is 5.82 Å². The lowest BCUT2D eigenvalue weighted by atomic mass is 10.1. The molecule has 0 bridgehead atoms. The molecule has 8 heteroatoms. The number of hydrogen-bond acceptors (Lipinski definition) is 6. The molecule has 1 aliphatic heterocycles. The van der Waals surface area contributed by atoms with Crippen molar-refractivity contribution >= 4 is 23.3 Å². The van der Waals surface area contributed by atoms with Crippen LogP contribution in [-0.2, 0) is 17.9 Å². The quantitative estimate of drug-likeness (QED) is 0.538. The van der Waals surface area contributed by atoms with Crippen LogP contribution in [0.15, 0.2) is 60.8 Å². The number of halogens is 1. The molecule has 33 heavy (non-hydrogen) atoms. The molecule has 7 nitrogen and oxygen atoms in total. The SMILES string of the molecule is COc1cc(C(=O)NCc2ccc(N3CCOCC3)nc2)ccc1OCc1ccc(Cl)cc1. The lowest BCUT2D eigenvalue weighted by molar-refractivity contribution is 0.0950. The minimum Gasteiger partial charge on any atom is -0.493 e. The van der Waals surface area contributed by atoms with Crippen LogP contribution in [0, 0.1) is 0 Å². The van der Waals surface area contributed by atoms with Crippen molar-refractivity contribution in [3.8, 4) is 11.5 Å². The molecule has 0 atom stereocenters. The second-order valence-electron chi connectivity index (χ2n) is 7.59. The van der Waals surface area contributed by atoms with E-state index in [0.29, 0.717) is 48.5 Å². The number of ether oxygens (including phenoxy) is 3. The average molecular weight is 468 g/mol. The minimum absolute atomic E-state index is 0.199. The summed E-state index contributed by atoms with van der Waals surface area (Å²) in [4.78, 5) is 19.4. The number of methoxy groups -OCH3 is 1. The Morgan fingerprint density at radius 2 is 1.82 bits per heavy atom. The van der Waals surface area contributed by atoms with Gasteiger partial charge >= 0.3 is 0 Å². The van der Waals surface area contributed by atoms with Crippen molar-refractivity contribution in [3.63, 3.8) is 0 Å². The first-order chi connectivity index (χ1) is 16.1. The molecule has 1 aromatic heterocycles. The van der Waals surface area contributed by atoms with E-state index in [1.807, 2.05) is 36.4 Å². The molecule has 1 fully saturated rings. The molecule has 172 valence electrons. The monoisotopic (exact) mass is 467 g/mol. The number of rotatable bonds is 8. The zero-order chi connectivity index (χ0) is 23.0. The van der Waals surface area contributed by atoms with Crippen molar-refractivity contribution < 1.29 is 19.0 Å². The number of morpholine rings is 1. The standard InChI is InChI=1S/C25H26ClN3O4/c1-31-23-14-20(5-8-22(23)33-17-18-2-6-21(26)7-3-18)25(30)28-16-19-4-9-24(27-15-19)29-10-12-32-13-11-29/h2-9,14-15H,10-13,16-17H2,1H3,(H,28,30). The summed E-state index contributed by atoms with van der Waals surface area (Å²) in [5, 5.41) is 3.60. The Labute approximate surface area is 198 Å². The zero-order valence-corrected chi connectivity index (χ0v) is 19.2. The lowest BCUT2D eigenvalue weighted by Crippen LogP contribution is -2.36. The fourth-order valence-electron chi connectivity index (χ4n) is 3.45. The number of nitrogens with one attached hydrogen (secondary N) is 1. The number of benzene rings is 2. The van der Waals surface area contributed by atoms with Gasteiger partial charge in [-0.25, -0.2) is 4.98 Å². The lowest BCUT2D eigenvalue weighted by Gasteiger charge is -2.27. The van der Waals surface area contributed by atoms with E-state index in [2.05, 4.69) is 15.2 Å². The molecule has 3 aromatic rings. The third-order valence-corrected chi connectivity index (χ3v) is 5.58. The maximum Gasteiger partial charge on any atom is 0.251 e. The van der Waals surface area contributed by atoms with E-state index in [4.69, 9.17) is 25.8 Å². The van der Waals surface area contributed by atoms with Gasteiger partial charge in [0.05, 0.1) is 20.3 Å². The molecule has 0 aliphatic carbocycles. The van der Waals surface area contributed by atoms with Crippen LogP contribution in [0.1, 0.15) is 21.5 Å². The van der Waals surface area contributed by atoms with Gasteiger partial charge in [0.25, 0.3) is 5.91 Å². The third kappa shape index (κ3) is 6.15. The van der Waals surface area contributed by atoms with Gasteiger partial charge in [0, 0.05) is 36.4 Å². The maximum absolute atomic E-state index is 12.7. The second-order valence-corrected chi connectivity index (χ2v) is 8.02. The molecular formula is C25H26ClN3O4. The molecule has 1 saturated heterocycles. The molecule has 1 amide bonds. The largest absolute Gasteiger partial charge is 0.493 e. The number of anilines is 1. The molecule has 0 radical (unpaired) electrons. The number of hydrogen-bond donors (Lipinski definition) is 1. The fraction of sp³-hybridized carbons (Fsp3) is 0.280. The summed E-state index contributed by atoms with van der Waals surface area (Å²) in [6, 6.07) is 16.5. The highest BCUT2D eigenvalue weighted by atomic mass is 35.5. The smallest absolute Gasteiger partial charge is 0.251 e. The highest BCUT2D eigenvalue weighted by molar-refractivity contribution is 6.30. The van der Waals surface area contributed by atoms with E-state index < -0.39 is 0 Å². The van der Waals surface area contributed by atoms with Gasteiger partial charge in [-0.05, 0) is 47.5 Å². The highest BCUT2D eigenvalue weighted by Gasteiger charge is 2.14. The number of carbonyl (C=O) groups is 1. The van der Waals surface area contributed by atoms with Crippen molar-refractivity contribution in [2.45, 2.75) is 13.2 Å². The molecule has 2 aromatic carbocycles. The van der Waals surface area contributed by atoms with Crippen molar-refractivity contribution in [2.24, 2.45) is 0 Å². The van der Waals surface area contributed by atoms with Crippen LogP contribution in [0.5, 0.6) is 11.5 Å². The fourth-order valence-corrected chi connectivity index (χ4v) is 3.58. The molecular weight excluding hydrogens is 442 g/mol. The van der Waals surface area contributed by atoms with E-state index >= 15 is 0 Å². The first-order valence-electron chi connectivity index (χ1n) is 10.7. The molecule has 0 spiro atoms. The van der Waals surface area contributed by atoms with Gasteiger partial charge < -0.3 is 24.4 Å². The van der Waals surface area contributed by atoms with Gasteiger partial charge in [-0.1, -0.05) is 29.8 Å². The summed E-state index contributed by atoms with van der Waals surface area (Å²) >= 11 is 5.92. The van der Waals surface area contributed by atoms with Gasteiger partial charge in [0.2, 0.25) is 0 Å². The number of pyridine rings is 1. The number of carbonyl (C=O) groups excluding carboxylic acids is 1. The Bertz CT molecular complexity index is 1070. The van der Waals surface area contributed by atoms with Crippen molar-refractivity contribution in [1.82, 2.24) is 10.3 Å². The Kier molecular flexibility index (Phi) is 7.65. The molecule has 0 unspecified atom stereocenters. The summed E-state index contributed by atoms with van der Waals surface area (Å²) in [5.41, 5.74) is 2.40. The van der Waals surface area contributed by atoms with Crippen LogP contribution < -0.4 is 19.7 Å². The predicted molar refractivity (Wildman–Crippen MR) is 127 cm³/mol. The molecule has 1 aliphatic rings.